The van der Waals surface area contributed by atoms with Gasteiger partial charge in [0, 0.05) is 58.3 Å². The highest BCUT2D eigenvalue weighted by Crippen LogP contribution is 2.26. The van der Waals surface area contributed by atoms with Crippen molar-refractivity contribution in [1.29, 1.82) is 0 Å². The lowest BCUT2D eigenvalue weighted by atomic mass is 10.0. The highest BCUT2D eigenvalue weighted by Gasteiger charge is 2.27. The Morgan fingerprint density at radius 2 is 1.86 bits per heavy atom. The van der Waals surface area contributed by atoms with Crippen molar-refractivity contribution >= 4 is 35.8 Å². The van der Waals surface area contributed by atoms with Crippen LogP contribution in [0.2, 0.25) is 0 Å². The molecule has 162 valence electrons. The molecule has 1 saturated carbocycles. The number of nitrogens with zero attached hydrogens (tertiary/aromatic N) is 3. The van der Waals surface area contributed by atoms with Crippen LogP contribution in [0.1, 0.15) is 44.9 Å². The maximum Gasteiger partial charge on any atom is 0.243 e. The zero-order valence-electron chi connectivity index (χ0n) is 17.5. The van der Waals surface area contributed by atoms with Gasteiger partial charge >= 0.3 is 0 Å². The van der Waals surface area contributed by atoms with Crippen molar-refractivity contribution in [2.75, 3.05) is 53.5 Å². The maximum absolute atomic E-state index is 11.9. The third-order valence-corrected chi connectivity index (χ3v) is 6.16. The summed E-state index contributed by atoms with van der Waals surface area (Å²) in [7, 11) is 3.54. The van der Waals surface area contributed by atoms with Crippen molar-refractivity contribution in [3.05, 3.63) is 0 Å². The average molecular weight is 507 g/mol. The largest absolute Gasteiger partial charge is 0.381 e. The topological polar surface area (TPSA) is 69.2 Å². The van der Waals surface area contributed by atoms with Crippen molar-refractivity contribution in [1.82, 2.24) is 20.4 Å². The van der Waals surface area contributed by atoms with E-state index in [2.05, 4.69) is 20.5 Å². The number of ether oxygens (including phenoxy) is 1. The molecule has 3 rings (SSSR count). The van der Waals surface area contributed by atoms with Gasteiger partial charge in [0.1, 0.15) is 6.54 Å². The fraction of sp³-hybridized carbons (Fsp3) is 0.900. The quantitative estimate of drug-likeness (QED) is 0.325. The molecule has 0 bridgehead atoms. The van der Waals surface area contributed by atoms with Crippen LogP contribution < -0.4 is 10.6 Å². The standard InChI is InChI=1S/C20H37N5O2.HI/c1-24(2)19(26)14-22-20(21-13-16-9-12-27-15-16)23-17-7-10-25(11-8-17)18-5-3-4-6-18;/h16-18H,3-15H2,1-2H3,(H2,21,22,23);1H. The first-order valence-electron chi connectivity index (χ1n) is 10.7. The van der Waals surface area contributed by atoms with Crippen molar-refractivity contribution in [3.8, 4) is 0 Å². The summed E-state index contributed by atoms with van der Waals surface area (Å²) in [6.07, 6.45) is 8.93. The molecule has 0 aromatic rings. The summed E-state index contributed by atoms with van der Waals surface area (Å²) >= 11 is 0. The monoisotopic (exact) mass is 507 g/mol. The van der Waals surface area contributed by atoms with Crippen LogP contribution in [0.4, 0.5) is 0 Å². The summed E-state index contributed by atoms with van der Waals surface area (Å²) in [5.74, 6) is 1.33. The van der Waals surface area contributed by atoms with E-state index in [-0.39, 0.29) is 36.4 Å². The summed E-state index contributed by atoms with van der Waals surface area (Å²) in [6.45, 7) is 5.04. The van der Waals surface area contributed by atoms with Crippen molar-refractivity contribution in [2.45, 2.75) is 57.0 Å². The molecule has 1 aliphatic carbocycles. The number of guanidine groups is 1. The minimum absolute atomic E-state index is 0. The summed E-state index contributed by atoms with van der Waals surface area (Å²) in [5, 5.41) is 7.03. The second-order valence-corrected chi connectivity index (χ2v) is 8.46. The van der Waals surface area contributed by atoms with Crippen LogP contribution in [0.25, 0.3) is 0 Å². The number of nitrogens with one attached hydrogen (secondary N) is 2. The van der Waals surface area contributed by atoms with Crippen LogP contribution in [-0.4, -0.2) is 87.2 Å². The minimum atomic E-state index is 0. The molecule has 2 saturated heterocycles. The van der Waals surface area contributed by atoms with Crippen LogP contribution >= 0.6 is 24.0 Å². The molecule has 0 spiro atoms. The van der Waals surface area contributed by atoms with Gasteiger partial charge in [0.15, 0.2) is 5.96 Å². The second kappa shape index (κ2) is 12.2. The molecular formula is C20H38IN5O2. The zero-order valence-corrected chi connectivity index (χ0v) is 19.8. The Kier molecular flexibility index (Phi) is 10.3. The van der Waals surface area contributed by atoms with E-state index in [0.29, 0.717) is 12.0 Å². The van der Waals surface area contributed by atoms with E-state index in [1.807, 2.05) is 0 Å². The van der Waals surface area contributed by atoms with E-state index in [1.165, 1.54) is 38.8 Å². The first-order valence-corrected chi connectivity index (χ1v) is 10.7. The van der Waals surface area contributed by atoms with Crippen molar-refractivity contribution in [2.24, 2.45) is 10.9 Å². The Morgan fingerprint density at radius 1 is 1.14 bits per heavy atom. The number of rotatable bonds is 6. The number of aliphatic imine (C=N–C) groups is 1. The fourth-order valence-corrected chi connectivity index (χ4v) is 4.30. The number of hydrogen-bond acceptors (Lipinski definition) is 4. The molecule has 7 nitrogen and oxygen atoms in total. The smallest absolute Gasteiger partial charge is 0.243 e. The van der Waals surface area contributed by atoms with Gasteiger partial charge in [-0.15, -0.1) is 24.0 Å². The van der Waals surface area contributed by atoms with E-state index >= 15 is 0 Å². The maximum atomic E-state index is 11.9. The van der Waals surface area contributed by atoms with Crippen LogP contribution in [0.15, 0.2) is 4.99 Å². The van der Waals surface area contributed by atoms with Crippen LogP contribution in [0.3, 0.4) is 0 Å². The van der Waals surface area contributed by atoms with Gasteiger partial charge in [-0.1, -0.05) is 12.8 Å². The van der Waals surface area contributed by atoms with Gasteiger partial charge in [0.25, 0.3) is 0 Å². The molecule has 2 N–H and O–H groups in total. The Bertz CT molecular complexity index is 497. The summed E-state index contributed by atoms with van der Waals surface area (Å²) in [6, 6.07) is 1.25. The number of likely N-dealkylation sites (N-methyl/N-ethyl adjacent to an activating group) is 1. The molecule has 3 aliphatic rings. The molecule has 0 aromatic heterocycles. The summed E-state index contributed by atoms with van der Waals surface area (Å²) < 4.78 is 5.46. The van der Waals surface area contributed by atoms with Gasteiger partial charge in [-0.2, -0.15) is 0 Å². The SMILES string of the molecule is CN(C)C(=O)CN=C(NCC1CCOC1)NC1CCN(C2CCCC2)CC1.I. The Morgan fingerprint density at radius 3 is 2.46 bits per heavy atom. The number of piperidine rings is 1. The Balaban J connectivity index is 0.00000280. The first kappa shape index (κ1) is 23.7. The lowest BCUT2D eigenvalue weighted by molar-refractivity contribution is -0.127. The van der Waals surface area contributed by atoms with Crippen molar-refractivity contribution in [3.63, 3.8) is 0 Å². The highest BCUT2D eigenvalue weighted by molar-refractivity contribution is 14.0. The lowest BCUT2D eigenvalue weighted by Crippen LogP contribution is -2.51. The molecule has 3 fully saturated rings. The third-order valence-electron chi connectivity index (χ3n) is 6.16. The molecule has 0 radical (unpaired) electrons. The molecular weight excluding hydrogens is 469 g/mol. The second-order valence-electron chi connectivity index (χ2n) is 8.46. The average Bonchev–Trinajstić information content (AvgIpc) is 3.38. The minimum Gasteiger partial charge on any atom is -0.381 e. The van der Waals surface area contributed by atoms with Gasteiger partial charge < -0.3 is 25.2 Å². The van der Waals surface area contributed by atoms with Gasteiger partial charge in [-0.25, -0.2) is 4.99 Å². The molecule has 0 aromatic carbocycles. The number of hydrogen-bond donors (Lipinski definition) is 2. The third kappa shape index (κ3) is 7.33. The van der Waals surface area contributed by atoms with E-state index < -0.39 is 0 Å². The molecule has 2 aliphatic heterocycles. The number of likely N-dealkylation sites (tertiary alicyclic amines) is 1. The molecule has 8 heteroatoms. The normalized spacial score (nSPS) is 24.8. The summed E-state index contributed by atoms with van der Waals surface area (Å²) in [4.78, 5) is 20.7. The predicted molar refractivity (Wildman–Crippen MR) is 123 cm³/mol. The molecule has 1 atom stereocenters. The summed E-state index contributed by atoms with van der Waals surface area (Å²) in [5.41, 5.74) is 0. The fourth-order valence-electron chi connectivity index (χ4n) is 4.30. The van der Waals surface area contributed by atoms with Gasteiger partial charge in [0.2, 0.25) is 5.91 Å². The van der Waals surface area contributed by atoms with Gasteiger partial charge in [-0.3, -0.25) is 4.79 Å². The molecule has 2 heterocycles. The number of amides is 1. The first-order chi connectivity index (χ1) is 13.1. The van der Waals surface area contributed by atoms with E-state index in [0.717, 1.165) is 51.0 Å². The Hall–Kier alpha value is -0.610. The van der Waals surface area contributed by atoms with Gasteiger partial charge in [-0.05, 0) is 32.1 Å². The molecule has 1 unspecified atom stereocenters. The van der Waals surface area contributed by atoms with Crippen LogP contribution in [0, 0.1) is 5.92 Å². The molecule has 1 amide bonds. The van der Waals surface area contributed by atoms with E-state index in [9.17, 15) is 4.79 Å². The van der Waals surface area contributed by atoms with E-state index in [4.69, 9.17) is 4.74 Å². The van der Waals surface area contributed by atoms with Crippen LogP contribution in [-0.2, 0) is 9.53 Å². The molecule has 28 heavy (non-hydrogen) atoms. The number of halogens is 1. The zero-order chi connectivity index (χ0) is 19.1. The predicted octanol–water partition coefficient (Wildman–Crippen LogP) is 1.67. The number of carbonyl (C=O) groups excluding carboxylic acids is 1. The van der Waals surface area contributed by atoms with Gasteiger partial charge in [0.05, 0.1) is 6.61 Å². The van der Waals surface area contributed by atoms with Crippen molar-refractivity contribution < 1.29 is 9.53 Å². The Labute approximate surface area is 187 Å². The van der Waals surface area contributed by atoms with Crippen LogP contribution in [0.5, 0.6) is 0 Å². The van der Waals surface area contributed by atoms with E-state index in [1.54, 1.807) is 19.0 Å². The lowest BCUT2D eigenvalue weighted by Gasteiger charge is -2.36. The number of carbonyl (C=O) groups is 1. The highest BCUT2D eigenvalue weighted by atomic mass is 127.